The van der Waals surface area contributed by atoms with Crippen LogP contribution in [-0.2, 0) is 0 Å². The van der Waals surface area contributed by atoms with Gasteiger partial charge in [-0.15, -0.1) is 11.3 Å². The Labute approximate surface area is 125 Å². The van der Waals surface area contributed by atoms with Gasteiger partial charge in [-0.1, -0.05) is 0 Å². The Morgan fingerprint density at radius 3 is 3.10 bits per heavy atom. The van der Waals surface area contributed by atoms with Gasteiger partial charge in [0, 0.05) is 36.7 Å². The van der Waals surface area contributed by atoms with Gasteiger partial charge >= 0.3 is 0 Å². The van der Waals surface area contributed by atoms with E-state index in [4.69, 9.17) is 0 Å². The number of carbonyl (C=O) groups excluding carboxylic acids is 1. The maximum atomic E-state index is 12.8. The van der Waals surface area contributed by atoms with E-state index in [0.29, 0.717) is 5.56 Å². The minimum Gasteiger partial charge on any atom is -0.329 e. The second-order valence-electron chi connectivity index (χ2n) is 5.14. The molecule has 1 atom stereocenters. The van der Waals surface area contributed by atoms with Crippen LogP contribution in [0.15, 0.2) is 42.3 Å². The van der Waals surface area contributed by atoms with E-state index in [-0.39, 0.29) is 11.9 Å². The molecule has 4 rings (SSSR count). The standard InChI is InChI=1S/C15H14N4OS/c20-15(11-3-4-13-16-5-8-18(13)10-11)19-7-1-2-12(19)14-17-6-9-21-14/h3-6,8-10,12H,1-2,7H2/t12-/m1/s1. The number of fused-ring (bicyclic) bond motifs is 1. The van der Waals surface area contributed by atoms with Crippen molar-refractivity contribution < 1.29 is 4.79 Å². The second kappa shape index (κ2) is 4.96. The Hall–Kier alpha value is -2.21. The number of pyridine rings is 1. The summed E-state index contributed by atoms with van der Waals surface area (Å²) in [5.41, 5.74) is 1.55. The smallest absolute Gasteiger partial charge is 0.255 e. The zero-order chi connectivity index (χ0) is 14.2. The Morgan fingerprint density at radius 1 is 1.29 bits per heavy atom. The first-order chi connectivity index (χ1) is 10.3. The van der Waals surface area contributed by atoms with E-state index in [2.05, 4.69) is 9.97 Å². The summed E-state index contributed by atoms with van der Waals surface area (Å²) >= 11 is 1.62. The number of carbonyl (C=O) groups is 1. The summed E-state index contributed by atoms with van der Waals surface area (Å²) in [6.45, 7) is 0.797. The van der Waals surface area contributed by atoms with Gasteiger partial charge in [0.15, 0.2) is 0 Å². The molecule has 0 radical (unpaired) electrons. The number of thiazole rings is 1. The molecule has 3 aromatic rings. The lowest BCUT2D eigenvalue weighted by molar-refractivity contribution is 0.0735. The molecule has 5 nitrogen and oxygen atoms in total. The highest BCUT2D eigenvalue weighted by Gasteiger charge is 2.32. The molecule has 0 aliphatic carbocycles. The predicted molar refractivity (Wildman–Crippen MR) is 80.3 cm³/mol. The van der Waals surface area contributed by atoms with Crippen molar-refractivity contribution in [2.45, 2.75) is 18.9 Å². The molecule has 0 N–H and O–H groups in total. The summed E-state index contributed by atoms with van der Waals surface area (Å²) in [6.07, 6.45) is 9.27. The van der Waals surface area contributed by atoms with Gasteiger partial charge in [0.25, 0.3) is 5.91 Å². The van der Waals surface area contributed by atoms with Crippen LogP contribution < -0.4 is 0 Å². The van der Waals surface area contributed by atoms with Crippen molar-refractivity contribution in [2.75, 3.05) is 6.54 Å². The van der Waals surface area contributed by atoms with Crippen LogP contribution in [0.2, 0.25) is 0 Å². The Balaban J connectivity index is 1.66. The van der Waals surface area contributed by atoms with Gasteiger partial charge in [0.2, 0.25) is 0 Å². The fourth-order valence-corrected chi connectivity index (χ4v) is 3.66. The summed E-state index contributed by atoms with van der Waals surface area (Å²) in [5.74, 6) is 0.0725. The summed E-state index contributed by atoms with van der Waals surface area (Å²) < 4.78 is 1.88. The van der Waals surface area contributed by atoms with Crippen molar-refractivity contribution in [3.63, 3.8) is 0 Å². The van der Waals surface area contributed by atoms with Crippen molar-refractivity contribution in [1.82, 2.24) is 19.3 Å². The first kappa shape index (κ1) is 12.5. The fourth-order valence-electron chi connectivity index (χ4n) is 2.88. The molecule has 1 saturated heterocycles. The lowest BCUT2D eigenvalue weighted by Crippen LogP contribution is -2.30. The van der Waals surface area contributed by atoms with E-state index in [1.165, 1.54) is 0 Å². The third-order valence-electron chi connectivity index (χ3n) is 3.89. The van der Waals surface area contributed by atoms with Crippen LogP contribution in [0, 0.1) is 0 Å². The van der Waals surface area contributed by atoms with Crippen LogP contribution in [0.4, 0.5) is 0 Å². The van der Waals surface area contributed by atoms with E-state index in [0.717, 1.165) is 30.0 Å². The fraction of sp³-hybridized carbons (Fsp3) is 0.267. The first-order valence-electron chi connectivity index (χ1n) is 6.96. The van der Waals surface area contributed by atoms with E-state index < -0.39 is 0 Å². The molecule has 6 heteroatoms. The van der Waals surface area contributed by atoms with Crippen molar-refractivity contribution in [3.05, 3.63) is 52.9 Å². The molecular formula is C15H14N4OS. The molecule has 0 bridgehead atoms. The highest BCUT2D eigenvalue weighted by Crippen LogP contribution is 2.34. The van der Waals surface area contributed by atoms with Crippen LogP contribution in [0.25, 0.3) is 5.65 Å². The Kier molecular flexibility index (Phi) is 2.96. The zero-order valence-corrected chi connectivity index (χ0v) is 12.2. The molecule has 3 aromatic heterocycles. The third kappa shape index (κ3) is 2.12. The topological polar surface area (TPSA) is 50.5 Å². The minimum absolute atomic E-state index is 0.0725. The van der Waals surface area contributed by atoms with Gasteiger partial charge in [0.05, 0.1) is 11.6 Å². The van der Waals surface area contributed by atoms with Gasteiger partial charge in [-0.25, -0.2) is 9.97 Å². The number of hydrogen-bond acceptors (Lipinski definition) is 4. The van der Waals surface area contributed by atoms with E-state index in [1.807, 2.05) is 39.2 Å². The van der Waals surface area contributed by atoms with Crippen molar-refractivity contribution in [3.8, 4) is 0 Å². The van der Waals surface area contributed by atoms with Crippen molar-refractivity contribution in [1.29, 1.82) is 0 Å². The number of aromatic nitrogens is 3. The van der Waals surface area contributed by atoms with Crippen molar-refractivity contribution >= 4 is 22.9 Å². The predicted octanol–water partition coefficient (Wildman–Crippen LogP) is 2.77. The molecule has 1 aliphatic heterocycles. The van der Waals surface area contributed by atoms with E-state index >= 15 is 0 Å². The van der Waals surface area contributed by atoms with E-state index in [1.54, 1.807) is 23.7 Å². The summed E-state index contributed by atoms with van der Waals surface area (Å²) in [7, 11) is 0. The second-order valence-corrected chi connectivity index (χ2v) is 6.06. The van der Waals surface area contributed by atoms with Gasteiger partial charge in [0.1, 0.15) is 10.7 Å². The summed E-state index contributed by atoms with van der Waals surface area (Å²) in [6, 6.07) is 3.85. The molecule has 0 aromatic carbocycles. The lowest BCUT2D eigenvalue weighted by atomic mass is 10.2. The number of rotatable bonds is 2. The Bertz CT molecular complexity index is 780. The molecule has 1 aliphatic rings. The molecule has 1 fully saturated rings. The normalized spacial score (nSPS) is 18.5. The van der Waals surface area contributed by atoms with Crippen LogP contribution in [0.1, 0.15) is 34.2 Å². The SMILES string of the molecule is O=C(c1ccc2nccn2c1)N1CCC[C@@H]1c1nccs1. The first-order valence-corrected chi connectivity index (χ1v) is 7.84. The maximum absolute atomic E-state index is 12.8. The highest BCUT2D eigenvalue weighted by atomic mass is 32.1. The quantitative estimate of drug-likeness (QED) is 0.731. The van der Waals surface area contributed by atoms with Gasteiger partial charge < -0.3 is 9.30 Å². The number of likely N-dealkylation sites (tertiary alicyclic amines) is 1. The zero-order valence-electron chi connectivity index (χ0n) is 11.3. The molecule has 0 unspecified atom stereocenters. The van der Waals surface area contributed by atoms with Crippen LogP contribution in [0.3, 0.4) is 0 Å². The van der Waals surface area contributed by atoms with E-state index in [9.17, 15) is 4.79 Å². The number of hydrogen-bond donors (Lipinski definition) is 0. The number of amides is 1. The number of imidazole rings is 1. The van der Waals surface area contributed by atoms with Crippen LogP contribution >= 0.6 is 11.3 Å². The van der Waals surface area contributed by atoms with Crippen molar-refractivity contribution in [2.24, 2.45) is 0 Å². The van der Waals surface area contributed by atoms with Crippen LogP contribution in [-0.4, -0.2) is 31.7 Å². The molecule has 21 heavy (non-hydrogen) atoms. The average molecular weight is 298 g/mol. The molecule has 0 spiro atoms. The third-order valence-corrected chi connectivity index (χ3v) is 4.76. The molecule has 4 heterocycles. The molecule has 1 amide bonds. The lowest BCUT2D eigenvalue weighted by Gasteiger charge is -2.23. The summed E-state index contributed by atoms with van der Waals surface area (Å²) in [4.78, 5) is 23.3. The molecule has 0 saturated carbocycles. The number of nitrogens with zero attached hydrogens (tertiary/aromatic N) is 4. The molecule has 106 valence electrons. The van der Waals surface area contributed by atoms with Gasteiger partial charge in [-0.05, 0) is 25.0 Å². The maximum Gasteiger partial charge on any atom is 0.255 e. The largest absolute Gasteiger partial charge is 0.329 e. The van der Waals surface area contributed by atoms with Gasteiger partial charge in [-0.3, -0.25) is 4.79 Å². The summed E-state index contributed by atoms with van der Waals surface area (Å²) in [5, 5.41) is 3.00. The van der Waals surface area contributed by atoms with Crippen LogP contribution in [0.5, 0.6) is 0 Å². The molecular weight excluding hydrogens is 284 g/mol. The highest BCUT2D eigenvalue weighted by molar-refractivity contribution is 7.09. The average Bonchev–Trinajstić information content (AvgIpc) is 3.24. The Morgan fingerprint density at radius 2 is 2.24 bits per heavy atom. The minimum atomic E-state index is 0.0725. The van der Waals surface area contributed by atoms with Gasteiger partial charge in [-0.2, -0.15) is 0 Å². The monoisotopic (exact) mass is 298 g/mol.